The van der Waals surface area contributed by atoms with Gasteiger partial charge in [-0.15, -0.1) is 0 Å². The molecule has 0 spiro atoms. The van der Waals surface area contributed by atoms with E-state index >= 15 is 0 Å². The molecule has 0 saturated carbocycles. The van der Waals surface area contributed by atoms with E-state index in [1.165, 1.54) is 5.56 Å². The molecule has 3 rings (SSSR count). The smallest absolute Gasteiger partial charge is 0.149 e. The van der Waals surface area contributed by atoms with Gasteiger partial charge in [0.15, 0.2) is 0 Å². The Morgan fingerprint density at radius 2 is 1.88 bits per heavy atom. The largest absolute Gasteiger partial charge is 0.497 e. The Hall–Kier alpha value is -2.88. The third-order valence-electron chi connectivity index (χ3n) is 4.05. The molecule has 1 heterocycles. The first-order valence-electron chi connectivity index (χ1n) is 8.35. The number of methoxy groups -OCH3 is 1. The molecule has 25 heavy (non-hydrogen) atoms. The van der Waals surface area contributed by atoms with E-state index in [4.69, 9.17) is 9.73 Å². The van der Waals surface area contributed by atoms with Gasteiger partial charge in [-0.05, 0) is 49.6 Å². The number of hydrazone groups is 1. The number of aliphatic imine (C=N–C) groups is 1. The van der Waals surface area contributed by atoms with Crippen molar-refractivity contribution in [3.8, 4) is 5.75 Å². The highest BCUT2D eigenvalue weighted by molar-refractivity contribution is 6.01. The van der Waals surface area contributed by atoms with Gasteiger partial charge in [-0.1, -0.05) is 42.5 Å². The lowest BCUT2D eigenvalue weighted by atomic mass is 9.89. The van der Waals surface area contributed by atoms with Gasteiger partial charge in [-0.25, -0.2) is 0 Å². The monoisotopic (exact) mass is 333 g/mol. The Kier molecular flexibility index (Phi) is 4.98. The second-order valence-corrected chi connectivity index (χ2v) is 6.63. The highest BCUT2D eigenvalue weighted by Crippen LogP contribution is 2.25. The molecule has 4 nitrogen and oxygen atoms in total. The minimum absolute atomic E-state index is 0.120. The molecule has 1 aliphatic heterocycles. The van der Waals surface area contributed by atoms with E-state index in [9.17, 15) is 0 Å². The first kappa shape index (κ1) is 17.0. The first-order valence-corrected chi connectivity index (χ1v) is 8.35. The number of amidine groups is 1. The maximum Gasteiger partial charge on any atom is 0.149 e. The molecule has 0 aromatic heterocycles. The molecule has 1 N–H and O–H groups in total. The molecule has 0 unspecified atom stereocenters. The summed E-state index contributed by atoms with van der Waals surface area (Å²) in [6.07, 6.45) is 6.56. The Balaban J connectivity index is 1.66. The van der Waals surface area contributed by atoms with E-state index in [2.05, 4.69) is 42.6 Å². The molecule has 0 saturated heterocycles. The van der Waals surface area contributed by atoms with Gasteiger partial charge in [0.2, 0.25) is 0 Å². The van der Waals surface area contributed by atoms with Crippen LogP contribution in [-0.2, 0) is 6.42 Å². The summed E-state index contributed by atoms with van der Waals surface area (Å²) in [5.41, 5.74) is 6.48. The standard InChI is InChI=1S/C21H23N3O/c1-21(2)15-17-8-4-5-9-19(17)20(23-21)24-22-14-6-7-16-10-12-18(25-3)13-11-16/h4-14H,15H2,1-3H3,(H,23,24)/b7-6-,22-14?. The summed E-state index contributed by atoms with van der Waals surface area (Å²) in [5.74, 6) is 1.67. The Morgan fingerprint density at radius 1 is 1.12 bits per heavy atom. The molecule has 0 aliphatic carbocycles. The summed E-state index contributed by atoms with van der Waals surface area (Å²) >= 11 is 0. The van der Waals surface area contributed by atoms with Gasteiger partial charge >= 0.3 is 0 Å². The maximum absolute atomic E-state index is 5.15. The van der Waals surface area contributed by atoms with Crippen molar-refractivity contribution in [2.75, 3.05) is 7.11 Å². The van der Waals surface area contributed by atoms with Crippen molar-refractivity contribution in [1.82, 2.24) is 5.43 Å². The van der Waals surface area contributed by atoms with E-state index in [1.54, 1.807) is 13.3 Å². The Labute approximate surface area is 149 Å². The second kappa shape index (κ2) is 7.34. The fourth-order valence-electron chi connectivity index (χ4n) is 2.87. The lowest BCUT2D eigenvalue weighted by Gasteiger charge is -2.28. The average molecular weight is 333 g/mol. The fraction of sp³-hybridized carbons (Fsp3) is 0.238. The quantitative estimate of drug-likeness (QED) is 0.677. The molecule has 128 valence electrons. The van der Waals surface area contributed by atoms with Gasteiger partial charge < -0.3 is 4.74 Å². The molecule has 2 aromatic carbocycles. The average Bonchev–Trinajstić information content (AvgIpc) is 2.61. The van der Waals surface area contributed by atoms with E-state index < -0.39 is 0 Å². The highest BCUT2D eigenvalue weighted by Gasteiger charge is 2.26. The van der Waals surface area contributed by atoms with Crippen LogP contribution in [-0.4, -0.2) is 24.7 Å². The van der Waals surface area contributed by atoms with Crippen molar-refractivity contribution < 1.29 is 4.74 Å². The number of benzene rings is 2. The lowest BCUT2D eigenvalue weighted by Crippen LogP contribution is -2.34. The van der Waals surface area contributed by atoms with Crippen LogP contribution in [0.4, 0.5) is 0 Å². The van der Waals surface area contributed by atoms with Crippen LogP contribution in [0.3, 0.4) is 0 Å². The van der Waals surface area contributed by atoms with Crippen molar-refractivity contribution in [3.05, 3.63) is 71.3 Å². The third kappa shape index (κ3) is 4.35. The van der Waals surface area contributed by atoms with E-state index in [0.29, 0.717) is 0 Å². The number of hydrogen-bond acceptors (Lipinski definition) is 4. The molecule has 4 heteroatoms. The number of ether oxygens (including phenoxy) is 1. The van der Waals surface area contributed by atoms with Crippen LogP contribution in [0.2, 0.25) is 0 Å². The molecular formula is C21H23N3O. The van der Waals surface area contributed by atoms with Crippen LogP contribution in [0, 0.1) is 0 Å². The molecule has 0 radical (unpaired) electrons. The SMILES string of the molecule is COc1ccc(/C=C\C=NNC2=NC(C)(C)Cc3ccccc32)cc1. The van der Waals surface area contributed by atoms with Crippen LogP contribution in [0.5, 0.6) is 5.75 Å². The summed E-state index contributed by atoms with van der Waals surface area (Å²) in [7, 11) is 1.66. The predicted octanol–water partition coefficient (Wildman–Crippen LogP) is 4.07. The third-order valence-corrected chi connectivity index (χ3v) is 4.05. The lowest BCUT2D eigenvalue weighted by molar-refractivity contribution is 0.415. The van der Waals surface area contributed by atoms with Crippen LogP contribution < -0.4 is 10.2 Å². The van der Waals surface area contributed by atoms with Crippen molar-refractivity contribution >= 4 is 18.1 Å². The number of rotatable bonds is 4. The van der Waals surface area contributed by atoms with Gasteiger partial charge in [0, 0.05) is 11.8 Å². The first-order chi connectivity index (χ1) is 12.1. The van der Waals surface area contributed by atoms with Crippen LogP contribution in [0.1, 0.15) is 30.5 Å². The van der Waals surface area contributed by atoms with E-state index in [0.717, 1.165) is 29.1 Å². The Bertz CT molecular complexity index is 817. The second-order valence-electron chi connectivity index (χ2n) is 6.63. The van der Waals surface area contributed by atoms with Gasteiger partial charge in [0.05, 0.1) is 12.6 Å². The summed E-state index contributed by atoms with van der Waals surface area (Å²) < 4.78 is 5.15. The number of allylic oxidation sites excluding steroid dienone is 1. The summed E-state index contributed by atoms with van der Waals surface area (Å²) in [6, 6.07) is 16.2. The zero-order valence-corrected chi connectivity index (χ0v) is 14.9. The number of hydrogen-bond donors (Lipinski definition) is 1. The molecule has 0 bridgehead atoms. The zero-order valence-electron chi connectivity index (χ0n) is 14.9. The summed E-state index contributed by atoms with van der Waals surface area (Å²) in [4.78, 5) is 4.78. The molecular weight excluding hydrogens is 310 g/mol. The topological polar surface area (TPSA) is 46.0 Å². The van der Waals surface area contributed by atoms with Gasteiger partial charge in [-0.3, -0.25) is 10.4 Å². The normalized spacial score (nSPS) is 15.9. The van der Waals surface area contributed by atoms with Gasteiger partial charge in [-0.2, -0.15) is 5.10 Å². The van der Waals surface area contributed by atoms with Gasteiger partial charge in [0.25, 0.3) is 0 Å². The minimum atomic E-state index is -0.120. The highest BCUT2D eigenvalue weighted by atomic mass is 16.5. The van der Waals surface area contributed by atoms with Crippen LogP contribution in [0.15, 0.2) is 64.7 Å². The molecule has 0 amide bonds. The minimum Gasteiger partial charge on any atom is -0.497 e. The number of fused-ring (bicyclic) bond motifs is 1. The summed E-state index contributed by atoms with van der Waals surface area (Å²) in [5, 5.41) is 4.29. The summed E-state index contributed by atoms with van der Waals surface area (Å²) in [6.45, 7) is 4.27. The van der Waals surface area contributed by atoms with E-state index in [1.807, 2.05) is 42.5 Å². The van der Waals surface area contributed by atoms with Crippen molar-refractivity contribution in [1.29, 1.82) is 0 Å². The van der Waals surface area contributed by atoms with Crippen molar-refractivity contribution in [2.45, 2.75) is 25.8 Å². The molecule has 0 atom stereocenters. The number of nitrogens with one attached hydrogen (secondary N) is 1. The fourth-order valence-corrected chi connectivity index (χ4v) is 2.87. The van der Waals surface area contributed by atoms with Crippen LogP contribution in [0.25, 0.3) is 6.08 Å². The number of nitrogens with zero attached hydrogens (tertiary/aromatic N) is 2. The van der Waals surface area contributed by atoms with Crippen molar-refractivity contribution in [3.63, 3.8) is 0 Å². The molecule has 1 aliphatic rings. The maximum atomic E-state index is 5.15. The molecule has 0 fully saturated rings. The van der Waals surface area contributed by atoms with Crippen molar-refractivity contribution in [2.24, 2.45) is 10.1 Å². The zero-order chi connectivity index (χ0) is 17.7. The van der Waals surface area contributed by atoms with Crippen LogP contribution >= 0.6 is 0 Å². The Morgan fingerprint density at radius 3 is 2.64 bits per heavy atom. The van der Waals surface area contributed by atoms with E-state index in [-0.39, 0.29) is 5.54 Å². The van der Waals surface area contributed by atoms with Gasteiger partial charge in [0.1, 0.15) is 11.6 Å². The predicted molar refractivity (Wildman–Crippen MR) is 104 cm³/mol. The molecule has 2 aromatic rings.